The topological polar surface area (TPSA) is 54.8 Å². The Balaban J connectivity index is 1.68. The molecule has 1 aliphatic carbocycles. The summed E-state index contributed by atoms with van der Waals surface area (Å²) in [5.74, 6) is 0.484. The number of nitrogens with zero attached hydrogens (tertiary/aromatic N) is 2. The summed E-state index contributed by atoms with van der Waals surface area (Å²) in [6, 6.07) is 0.381. The summed E-state index contributed by atoms with van der Waals surface area (Å²) in [6.45, 7) is 6.87. The van der Waals surface area contributed by atoms with Crippen molar-refractivity contribution >= 4 is 11.3 Å². The van der Waals surface area contributed by atoms with Crippen LogP contribution in [0.4, 0.5) is 0 Å². The zero-order valence-corrected chi connectivity index (χ0v) is 15.8. The van der Waals surface area contributed by atoms with E-state index in [2.05, 4.69) is 24.1 Å². The maximum atomic E-state index is 9.01. The molecular formula is C18H30N2O3S. The molecule has 1 saturated heterocycles. The number of methoxy groups -OCH3 is 1. The van der Waals surface area contributed by atoms with E-state index >= 15 is 0 Å². The molecule has 136 valence electrons. The molecule has 2 heterocycles. The highest BCUT2D eigenvalue weighted by atomic mass is 32.1. The minimum atomic E-state index is -0.0305. The third-order valence-corrected chi connectivity index (χ3v) is 6.45. The van der Waals surface area contributed by atoms with Gasteiger partial charge in [-0.05, 0) is 31.6 Å². The maximum absolute atomic E-state index is 9.01. The van der Waals surface area contributed by atoms with Gasteiger partial charge >= 0.3 is 0 Å². The molecule has 0 unspecified atom stereocenters. The zero-order valence-electron chi connectivity index (χ0n) is 15.0. The third kappa shape index (κ3) is 3.68. The van der Waals surface area contributed by atoms with E-state index in [0.717, 1.165) is 38.8 Å². The third-order valence-electron chi connectivity index (χ3n) is 5.60. The molecule has 0 radical (unpaired) electrons. The van der Waals surface area contributed by atoms with Gasteiger partial charge in [0.15, 0.2) is 0 Å². The zero-order chi connectivity index (χ0) is 17.2. The average Bonchev–Trinajstić information content (AvgIpc) is 3.19. The van der Waals surface area contributed by atoms with Crippen molar-refractivity contribution in [3.63, 3.8) is 0 Å². The molecule has 0 bridgehead atoms. The smallest absolute Gasteiger partial charge is 0.107 e. The fourth-order valence-corrected chi connectivity index (χ4v) is 5.13. The standard InChI is InChI=1S/C18H30N2O3S/c1-13(2)15-12-24-17(19-15)11-20-7-6-18(22-3)5-4-14(10-16(18)20)23-9-8-21/h12-14,16,21H,4-11H2,1-3H3/t14-,16-,18+/m0/s1. The Morgan fingerprint density at radius 2 is 2.29 bits per heavy atom. The van der Waals surface area contributed by atoms with Gasteiger partial charge in [0.1, 0.15) is 5.01 Å². The van der Waals surface area contributed by atoms with E-state index in [1.807, 2.05) is 7.11 Å². The number of hydrogen-bond donors (Lipinski definition) is 1. The first-order valence-corrected chi connectivity index (χ1v) is 9.92. The van der Waals surface area contributed by atoms with E-state index < -0.39 is 0 Å². The van der Waals surface area contributed by atoms with Crippen molar-refractivity contribution in [3.05, 3.63) is 16.1 Å². The Kier molecular flexibility index (Phi) is 5.93. The number of fused-ring (bicyclic) bond motifs is 1. The normalized spacial score (nSPS) is 30.9. The van der Waals surface area contributed by atoms with E-state index in [-0.39, 0.29) is 18.3 Å². The van der Waals surface area contributed by atoms with Gasteiger partial charge in [-0.1, -0.05) is 13.8 Å². The Bertz CT molecular complexity index is 536. The molecule has 6 heteroatoms. The lowest BCUT2D eigenvalue weighted by Crippen LogP contribution is -2.51. The number of likely N-dealkylation sites (tertiary alicyclic amines) is 1. The number of aromatic nitrogens is 1. The summed E-state index contributed by atoms with van der Waals surface area (Å²) in [7, 11) is 1.85. The lowest BCUT2D eigenvalue weighted by molar-refractivity contribution is -0.104. The minimum absolute atomic E-state index is 0.0305. The molecule has 0 spiro atoms. The average molecular weight is 355 g/mol. The van der Waals surface area contributed by atoms with Gasteiger partial charge in [-0.15, -0.1) is 11.3 Å². The number of aliphatic hydroxyl groups excluding tert-OH is 1. The summed E-state index contributed by atoms with van der Waals surface area (Å²) < 4.78 is 11.8. The van der Waals surface area contributed by atoms with Gasteiger partial charge in [0.05, 0.1) is 37.2 Å². The molecule has 0 amide bonds. The van der Waals surface area contributed by atoms with Gasteiger partial charge in [0.2, 0.25) is 0 Å². The van der Waals surface area contributed by atoms with Crippen LogP contribution in [0.25, 0.3) is 0 Å². The van der Waals surface area contributed by atoms with E-state index in [1.165, 1.54) is 10.7 Å². The van der Waals surface area contributed by atoms with Crippen LogP contribution in [0, 0.1) is 0 Å². The Hall–Kier alpha value is -0.530. The molecule has 2 aliphatic rings. The van der Waals surface area contributed by atoms with Crippen LogP contribution >= 0.6 is 11.3 Å². The van der Waals surface area contributed by atoms with Crippen molar-refractivity contribution in [3.8, 4) is 0 Å². The Morgan fingerprint density at radius 1 is 1.46 bits per heavy atom. The maximum Gasteiger partial charge on any atom is 0.107 e. The summed E-state index contributed by atoms with van der Waals surface area (Å²) in [4.78, 5) is 7.33. The van der Waals surface area contributed by atoms with Crippen molar-refractivity contribution in [2.24, 2.45) is 0 Å². The Labute approximate surface area is 149 Å². The van der Waals surface area contributed by atoms with Gasteiger partial charge in [0, 0.05) is 25.1 Å². The molecule has 1 aliphatic heterocycles. The van der Waals surface area contributed by atoms with Crippen molar-refractivity contribution in [2.45, 2.75) is 69.7 Å². The van der Waals surface area contributed by atoms with Crippen molar-refractivity contribution < 1.29 is 14.6 Å². The predicted molar refractivity (Wildman–Crippen MR) is 95.4 cm³/mol. The number of aliphatic hydroxyl groups is 1. The van der Waals surface area contributed by atoms with Gasteiger partial charge in [-0.3, -0.25) is 4.90 Å². The number of ether oxygens (including phenoxy) is 2. The summed E-state index contributed by atoms with van der Waals surface area (Å²) in [5, 5.41) is 12.4. The van der Waals surface area contributed by atoms with Gasteiger partial charge < -0.3 is 14.6 Å². The molecule has 3 rings (SSSR count). The fraction of sp³-hybridized carbons (Fsp3) is 0.833. The summed E-state index contributed by atoms with van der Waals surface area (Å²) >= 11 is 1.77. The fourth-order valence-electron chi connectivity index (χ4n) is 4.15. The molecule has 2 fully saturated rings. The lowest BCUT2D eigenvalue weighted by atomic mass is 9.79. The van der Waals surface area contributed by atoms with Crippen LogP contribution in [0.15, 0.2) is 5.38 Å². The van der Waals surface area contributed by atoms with Crippen molar-refractivity contribution in [2.75, 3.05) is 26.9 Å². The van der Waals surface area contributed by atoms with Crippen LogP contribution in [0.2, 0.25) is 0 Å². The molecule has 1 aromatic rings. The molecule has 5 nitrogen and oxygen atoms in total. The van der Waals surface area contributed by atoms with Gasteiger partial charge in [-0.2, -0.15) is 0 Å². The first kappa shape index (κ1) is 18.3. The second-order valence-corrected chi connectivity index (χ2v) is 8.26. The summed E-state index contributed by atoms with van der Waals surface area (Å²) in [6.07, 6.45) is 4.36. The first-order chi connectivity index (χ1) is 11.6. The van der Waals surface area contributed by atoms with E-state index in [1.54, 1.807) is 11.3 Å². The highest BCUT2D eigenvalue weighted by Crippen LogP contribution is 2.43. The van der Waals surface area contributed by atoms with Crippen LogP contribution in [0.1, 0.15) is 56.2 Å². The lowest BCUT2D eigenvalue weighted by Gasteiger charge is -2.43. The Morgan fingerprint density at radius 3 is 2.96 bits per heavy atom. The quantitative estimate of drug-likeness (QED) is 0.816. The second-order valence-electron chi connectivity index (χ2n) is 7.32. The van der Waals surface area contributed by atoms with E-state index in [4.69, 9.17) is 19.6 Å². The van der Waals surface area contributed by atoms with Crippen LogP contribution in [-0.2, 0) is 16.0 Å². The molecular weight excluding hydrogens is 324 g/mol. The van der Waals surface area contributed by atoms with Crippen molar-refractivity contribution in [1.82, 2.24) is 9.88 Å². The number of hydrogen-bond acceptors (Lipinski definition) is 6. The number of rotatable bonds is 7. The minimum Gasteiger partial charge on any atom is -0.394 e. The first-order valence-electron chi connectivity index (χ1n) is 9.04. The van der Waals surface area contributed by atoms with Crippen LogP contribution in [-0.4, -0.2) is 59.6 Å². The van der Waals surface area contributed by atoms with Crippen LogP contribution < -0.4 is 0 Å². The number of thiazole rings is 1. The molecule has 24 heavy (non-hydrogen) atoms. The van der Waals surface area contributed by atoms with Crippen molar-refractivity contribution in [1.29, 1.82) is 0 Å². The van der Waals surface area contributed by atoms with Gasteiger partial charge in [0.25, 0.3) is 0 Å². The second kappa shape index (κ2) is 7.79. The highest BCUT2D eigenvalue weighted by Gasteiger charge is 2.51. The highest BCUT2D eigenvalue weighted by molar-refractivity contribution is 7.09. The summed E-state index contributed by atoms with van der Waals surface area (Å²) in [5.41, 5.74) is 1.16. The molecule has 3 atom stereocenters. The molecule has 0 aromatic carbocycles. The van der Waals surface area contributed by atoms with Crippen LogP contribution in [0.3, 0.4) is 0 Å². The van der Waals surface area contributed by atoms with Gasteiger partial charge in [-0.25, -0.2) is 4.98 Å². The van der Waals surface area contributed by atoms with E-state index in [0.29, 0.717) is 18.6 Å². The molecule has 1 N–H and O–H groups in total. The molecule has 1 aromatic heterocycles. The largest absolute Gasteiger partial charge is 0.394 e. The predicted octanol–water partition coefficient (Wildman–Crippen LogP) is 2.79. The van der Waals surface area contributed by atoms with Crippen LogP contribution in [0.5, 0.6) is 0 Å². The monoisotopic (exact) mass is 354 g/mol. The SMILES string of the molecule is CO[C@@]12CC[C@H](OCCO)C[C@@H]1N(Cc1nc(C(C)C)cs1)CC2. The van der Waals surface area contributed by atoms with E-state index in [9.17, 15) is 0 Å². The molecule has 1 saturated carbocycles.